The van der Waals surface area contributed by atoms with Gasteiger partial charge in [-0.1, -0.05) is 18.2 Å². The summed E-state index contributed by atoms with van der Waals surface area (Å²) in [6.45, 7) is 2.22. The van der Waals surface area contributed by atoms with Crippen LogP contribution in [0, 0.1) is 6.92 Å². The normalized spacial score (nSPS) is 10.2. The van der Waals surface area contributed by atoms with Crippen LogP contribution < -0.4 is 11.1 Å². The molecule has 1 aromatic heterocycles. The molecule has 4 N–H and O–H groups in total. The predicted octanol–water partition coefficient (Wildman–Crippen LogP) is 1.23. The van der Waals surface area contributed by atoms with E-state index in [0.717, 1.165) is 11.3 Å². The first-order valence-corrected chi connectivity index (χ1v) is 5.30. The average molecular weight is 230 g/mol. The summed E-state index contributed by atoms with van der Waals surface area (Å²) in [5.41, 5.74) is 8.68. The SMILES string of the molecule is Cc1[nH]ncc1C(=O)NCc1ccccc1N. The van der Waals surface area contributed by atoms with Crippen molar-refractivity contribution in [2.24, 2.45) is 0 Å². The van der Waals surface area contributed by atoms with Crippen LogP contribution in [-0.2, 0) is 6.54 Å². The molecule has 0 radical (unpaired) electrons. The first kappa shape index (κ1) is 11.2. The lowest BCUT2D eigenvalue weighted by molar-refractivity contribution is 0.0950. The van der Waals surface area contributed by atoms with Gasteiger partial charge in [-0.05, 0) is 18.6 Å². The number of anilines is 1. The van der Waals surface area contributed by atoms with Crippen LogP contribution in [0.4, 0.5) is 5.69 Å². The minimum absolute atomic E-state index is 0.153. The Kier molecular flexibility index (Phi) is 3.09. The zero-order valence-electron chi connectivity index (χ0n) is 9.53. The molecular formula is C12H14N4O. The van der Waals surface area contributed by atoms with Crippen molar-refractivity contribution < 1.29 is 4.79 Å². The lowest BCUT2D eigenvalue weighted by atomic mass is 10.1. The van der Waals surface area contributed by atoms with E-state index in [9.17, 15) is 4.79 Å². The fourth-order valence-corrected chi connectivity index (χ4v) is 1.55. The number of aromatic nitrogens is 2. The Balaban J connectivity index is 2.02. The number of aryl methyl sites for hydroxylation is 1. The second-order valence-corrected chi connectivity index (χ2v) is 3.79. The molecule has 0 bridgehead atoms. The lowest BCUT2D eigenvalue weighted by Gasteiger charge is -2.06. The van der Waals surface area contributed by atoms with E-state index in [1.54, 1.807) is 6.92 Å². The van der Waals surface area contributed by atoms with Crippen molar-refractivity contribution >= 4 is 11.6 Å². The Morgan fingerprint density at radius 3 is 2.88 bits per heavy atom. The molecule has 1 amide bonds. The maximum atomic E-state index is 11.8. The highest BCUT2D eigenvalue weighted by molar-refractivity contribution is 5.94. The summed E-state index contributed by atoms with van der Waals surface area (Å²) >= 11 is 0. The highest BCUT2D eigenvalue weighted by atomic mass is 16.1. The van der Waals surface area contributed by atoms with Crippen LogP contribution in [0.5, 0.6) is 0 Å². The summed E-state index contributed by atoms with van der Waals surface area (Å²) in [7, 11) is 0. The fourth-order valence-electron chi connectivity index (χ4n) is 1.55. The van der Waals surface area contributed by atoms with E-state index in [1.165, 1.54) is 6.20 Å². The quantitative estimate of drug-likeness (QED) is 0.693. The van der Waals surface area contributed by atoms with Gasteiger partial charge in [0.05, 0.1) is 11.8 Å². The van der Waals surface area contributed by atoms with Gasteiger partial charge in [-0.15, -0.1) is 0 Å². The molecule has 0 aliphatic rings. The smallest absolute Gasteiger partial charge is 0.255 e. The zero-order valence-corrected chi connectivity index (χ0v) is 9.53. The van der Waals surface area contributed by atoms with Crippen molar-refractivity contribution in [1.82, 2.24) is 15.5 Å². The van der Waals surface area contributed by atoms with E-state index in [4.69, 9.17) is 5.73 Å². The van der Waals surface area contributed by atoms with E-state index in [0.29, 0.717) is 17.8 Å². The molecule has 1 aromatic carbocycles. The molecule has 0 aliphatic carbocycles. The van der Waals surface area contributed by atoms with Gasteiger partial charge in [0.1, 0.15) is 0 Å². The molecule has 1 heterocycles. The van der Waals surface area contributed by atoms with Crippen LogP contribution in [0.15, 0.2) is 30.5 Å². The summed E-state index contributed by atoms with van der Waals surface area (Å²) in [5, 5.41) is 9.33. The summed E-state index contributed by atoms with van der Waals surface area (Å²) in [4.78, 5) is 11.8. The highest BCUT2D eigenvalue weighted by Gasteiger charge is 2.10. The molecule has 2 rings (SSSR count). The Morgan fingerprint density at radius 1 is 1.47 bits per heavy atom. The molecule has 88 valence electrons. The van der Waals surface area contributed by atoms with Gasteiger partial charge in [0, 0.05) is 17.9 Å². The molecule has 0 unspecified atom stereocenters. The number of nitrogens with two attached hydrogens (primary N) is 1. The number of amides is 1. The van der Waals surface area contributed by atoms with Gasteiger partial charge in [-0.2, -0.15) is 5.10 Å². The number of hydrogen-bond donors (Lipinski definition) is 3. The monoisotopic (exact) mass is 230 g/mol. The first-order chi connectivity index (χ1) is 8.18. The number of hydrogen-bond acceptors (Lipinski definition) is 3. The number of H-pyrrole nitrogens is 1. The summed E-state index contributed by atoms with van der Waals surface area (Å²) < 4.78 is 0. The lowest BCUT2D eigenvalue weighted by Crippen LogP contribution is -2.23. The number of nitrogens with zero attached hydrogens (tertiary/aromatic N) is 1. The Morgan fingerprint density at radius 2 is 2.24 bits per heavy atom. The summed E-state index contributed by atoms with van der Waals surface area (Å²) in [6, 6.07) is 7.45. The van der Waals surface area contributed by atoms with Gasteiger partial charge in [-0.3, -0.25) is 9.89 Å². The Labute approximate surface area is 99.0 Å². The Bertz CT molecular complexity index is 533. The van der Waals surface area contributed by atoms with Gasteiger partial charge in [0.15, 0.2) is 0 Å². The second kappa shape index (κ2) is 4.69. The third kappa shape index (κ3) is 2.44. The predicted molar refractivity (Wildman–Crippen MR) is 65.3 cm³/mol. The van der Waals surface area contributed by atoms with Crippen molar-refractivity contribution in [3.8, 4) is 0 Å². The van der Waals surface area contributed by atoms with Crippen LogP contribution in [0.25, 0.3) is 0 Å². The molecule has 0 saturated heterocycles. The van der Waals surface area contributed by atoms with Gasteiger partial charge in [0.2, 0.25) is 0 Å². The third-order valence-corrected chi connectivity index (χ3v) is 2.57. The van der Waals surface area contributed by atoms with E-state index >= 15 is 0 Å². The summed E-state index contributed by atoms with van der Waals surface area (Å²) in [5.74, 6) is -0.153. The number of carbonyl (C=O) groups excluding carboxylic acids is 1. The third-order valence-electron chi connectivity index (χ3n) is 2.57. The topological polar surface area (TPSA) is 83.8 Å². The van der Waals surface area contributed by atoms with Crippen LogP contribution in [0.3, 0.4) is 0 Å². The number of nitrogens with one attached hydrogen (secondary N) is 2. The van der Waals surface area contributed by atoms with E-state index in [2.05, 4.69) is 15.5 Å². The van der Waals surface area contributed by atoms with Gasteiger partial charge >= 0.3 is 0 Å². The number of carbonyl (C=O) groups is 1. The van der Waals surface area contributed by atoms with E-state index < -0.39 is 0 Å². The molecule has 0 aliphatic heterocycles. The molecule has 0 saturated carbocycles. The molecule has 0 spiro atoms. The number of nitrogen functional groups attached to an aromatic ring is 1. The number of aromatic amines is 1. The molecule has 5 heteroatoms. The highest BCUT2D eigenvalue weighted by Crippen LogP contribution is 2.10. The molecule has 0 atom stereocenters. The van der Waals surface area contributed by atoms with Crippen LogP contribution >= 0.6 is 0 Å². The number of benzene rings is 1. The molecule has 5 nitrogen and oxygen atoms in total. The zero-order chi connectivity index (χ0) is 12.3. The molecule has 0 fully saturated rings. The minimum Gasteiger partial charge on any atom is -0.398 e. The van der Waals surface area contributed by atoms with Gasteiger partial charge < -0.3 is 11.1 Å². The number of rotatable bonds is 3. The van der Waals surface area contributed by atoms with Crippen molar-refractivity contribution in [2.75, 3.05) is 5.73 Å². The van der Waals surface area contributed by atoms with Crippen molar-refractivity contribution in [3.05, 3.63) is 47.3 Å². The maximum Gasteiger partial charge on any atom is 0.255 e. The van der Waals surface area contributed by atoms with Crippen LogP contribution in [0.2, 0.25) is 0 Å². The Hall–Kier alpha value is -2.30. The largest absolute Gasteiger partial charge is 0.398 e. The van der Waals surface area contributed by atoms with Crippen LogP contribution in [0.1, 0.15) is 21.6 Å². The molecule has 2 aromatic rings. The van der Waals surface area contributed by atoms with Crippen LogP contribution in [-0.4, -0.2) is 16.1 Å². The van der Waals surface area contributed by atoms with Gasteiger partial charge in [0.25, 0.3) is 5.91 Å². The molecule has 17 heavy (non-hydrogen) atoms. The first-order valence-electron chi connectivity index (χ1n) is 5.30. The van der Waals surface area contributed by atoms with Crippen molar-refractivity contribution in [3.63, 3.8) is 0 Å². The minimum atomic E-state index is -0.153. The van der Waals surface area contributed by atoms with E-state index in [1.807, 2.05) is 24.3 Å². The molecular weight excluding hydrogens is 216 g/mol. The van der Waals surface area contributed by atoms with E-state index in [-0.39, 0.29) is 5.91 Å². The maximum absolute atomic E-state index is 11.8. The fraction of sp³-hybridized carbons (Fsp3) is 0.167. The second-order valence-electron chi connectivity index (χ2n) is 3.79. The van der Waals surface area contributed by atoms with Crippen molar-refractivity contribution in [1.29, 1.82) is 0 Å². The van der Waals surface area contributed by atoms with Gasteiger partial charge in [-0.25, -0.2) is 0 Å². The van der Waals surface area contributed by atoms with Crippen molar-refractivity contribution in [2.45, 2.75) is 13.5 Å². The standard InChI is InChI=1S/C12H14N4O/c1-8-10(7-15-16-8)12(17)14-6-9-4-2-3-5-11(9)13/h2-5,7H,6,13H2,1H3,(H,14,17)(H,15,16). The summed E-state index contributed by atoms with van der Waals surface area (Å²) in [6.07, 6.45) is 1.51. The average Bonchev–Trinajstić information content (AvgIpc) is 2.74. The number of para-hydroxylation sites is 1.